The molecular formula is C17H17N3O2S. The molecule has 0 fully saturated rings. The first-order valence-electron chi connectivity index (χ1n) is 7.51. The van der Waals surface area contributed by atoms with Gasteiger partial charge in [-0.15, -0.1) is 0 Å². The number of imidazole rings is 1. The van der Waals surface area contributed by atoms with Crippen LogP contribution in [0.25, 0.3) is 11.0 Å². The SMILES string of the molecule is CN1CCOc2cccc(CS(=O)c3nc4ccccc4[nH]3)c21. The summed E-state index contributed by atoms with van der Waals surface area (Å²) in [5.41, 5.74) is 3.80. The van der Waals surface area contributed by atoms with Crippen molar-refractivity contribution >= 4 is 27.5 Å². The van der Waals surface area contributed by atoms with Gasteiger partial charge >= 0.3 is 0 Å². The average Bonchev–Trinajstić information content (AvgIpc) is 2.99. The molecule has 4 rings (SSSR count). The van der Waals surface area contributed by atoms with Crippen LogP contribution in [-0.2, 0) is 16.6 Å². The van der Waals surface area contributed by atoms with Crippen LogP contribution in [0, 0.1) is 0 Å². The maximum atomic E-state index is 12.7. The molecule has 1 unspecified atom stereocenters. The van der Waals surface area contributed by atoms with E-state index < -0.39 is 10.8 Å². The van der Waals surface area contributed by atoms with Crippen LogP contribution in [-0.4, -0.2) is 34.4 Å². The third-order valence-electron chi connectivity index (χ3n) is 4.02. The number of nitrogens with zero attached hydrogens (tertiary/aromatic N) is 2. The van der Waals surface area contributed by atoms with Crippen LogP contribution >= 0.6 is 0 Å². The monoisotopic (exact) mass is 327 g/mol. The van der Waals surface area contributed by atoms with Gasteiger partial charge in [0.25, 0.3) is 0 Å². The number of hydrogen-bond donors (Lipinski definition) is 1. The summed E-state index contributed by atoms with van der Waals surface area (Å²) in [6, 6.07) is 13.6. The highest BCUT2D eigenvalue weighted by Crippen LogP contribution is 2.35. The third-order valence-corrected chi connectivity index (χ3v) is 5.22. The van der Waals surface area contributed by atoms with Gasteiger partial charge < -0.3 is 14.6 Å². The van der Waals surface area contributed by atoms with E-state index in [0.29, 0.717) is 17.5 Å². The maximum Gasteiger partial charge on any atom is 0.197 e. The Labute approximate surface area is 136 Å². The number of fused-ring (bicyclic) bond motifs is 2. The minimum atomic E-state index is -1.23. The number of aromatic nitrogens is 2. The zero-order valence-corrected chi connectivity index (χ0v) is 13.6. The van der Waals surface area contributed by atoms with Gasteiger partial charge in [-0.05, 0) is 23.8 Å². The lowest BCUT2D eigenvalue weighted by atomic mass is 10.1. The summed E-state index contributed by atoms with van der Waals surface area (Å²) in [7, 11) is 0.808. The Kier molecular flexibility index (Phi) is 3.53. The zero-order chi connectivity index (χ0) is 15.8. The lowest BCUT2D eigenvalue weighted by molar-refractivity contribution is 0.311. The summed E-state index contributed by atoms with van der Waals surface area (Å²) < 4.78 is 18.4. The fourth-order valence-corrected chi connectivity index (χ4v) is 3.96. The van der Waals surface area contributed by atoms with E-state index in [-0.39, 0.29) is 0 Å². The van der Waals surface area contributed by atoms with Crippen molar-refractivity contribution in [3.8, 4) is 5.75 Å². The van der Waals surface area contributed by atoms with E-state index in [4.69, 9.17) is 4.74 Å². The predicted molar refractivity (Wildman–Crippen MR) is 91.4 cm³/mol. The molecule has 1 aromatic heterocycles. The Balaban J connectivity index is 1.66. The number of ether oxygens (including phenoxy) is 1. The molecule has 0 spiro atoms. The third kappa shape index (κ3) is 2.59. The lowest BCUT2D eigenvalue weighted by Crippen LogP contribution is -2.29. The van der Waals surface area contributed by atoms with Crippen LogP contribution in [0.1, 0.15) is 5.56 Å². The molecule has 0 radical (unpaired) electrons. The normalized spacial score (nSPS) is 15.3. The van der Waals surface area contributed by atoms with E-state index in [1.54, 1.807) is 0 Å². The zero-order valence-electron chi connectivity index (χ0n) is 12.8. The fourth-order valence-electron chi connectivity index (χ4n) is 2.89. The van der Waals surface area contributed by atoms with E-state index in [9.17, 15) is 4.21 Å². The lowest BCUT2D eigenvalue weighted by Gasteiger charge is -2.29. The molecule has 0 saturated heterocycles. The number of nitrogens with one attached hydrogen (secondary N) is 1. The highest BCUT2D eigenvalue weighted by atomic mass is 32.2. The molecule has 0 bridgehead atoms. The largest absolute Gasteiger partial charge is 0.490 e. The Morgan fingerprint density at radius 1 is 1.26 bits per heavy atom. The fraction of sp³-hybridized carbons (Fsp3) is 0.235. The Bertz CT molecular complexity index is 857. The van der Waals surface area contributed by atoms with Crippen LogP contribution in [0.4, 0.5) is 5.69 Å². The summed E-state index contributed by atoms with van der Waals surface area (Å²) in [6.45, 7) is 1.51. The molecule has 1 aliphatic rings. The van der Waals surface area contributed by atoms with Gasteiger partial charge in [-0.25, -0.2) is 4.98 Å². The first kappa shape index (κ1) is 14.3. The van der Waals surface area contributed by atoms with E-state index in [1.807, 2.05) is 49.5 Å². The first-order chi connectivity index (χ1) is 11.2. The van der Waals surface area contributed by atoms with Gasteiger partial charge in [-0.3, -0.25) is 4.21 Å². The van der Waals surface area contributed by atoms with E-state index in [1.165, 1.54) is 0 Å². The molecule has 2 heterocycles. The molecule has 3 aromatic rings. The van der Waals surface area contributed by atoms with E-state index in [2.05, 4.69) is 14.9 Å². The Morgan fingerprint density at radius 3 is 3.00 bits per heavy atom. The van der Waals surface area contributed by atoms with Crippen molar-refractivity contribution in [2.45, 2.75) is 10.9 Å². The van der Waals surface area contributed by atoms with Crippen molar-refractivity contribution in [2.75, 3.05) is 25.1 Å². The van der Waals surface area contributed by atoms with Crippen LogP contribution in [0.2, 0.25) is 0 Å². The van der Waals surface area contributed by atoms with Crippen molar-refractivity contribution in [1.29, 1.82) is 0 Å². The summed E-state index contributed by atoms with van der Waals surface area (Å²) in [6.07, 6.45) is 0. The van der Waals surface area contributed by atoms with Crippen LogP contribution in [0.5, 0.6) is 5.75 Å². The van der Waals surface area contributed by atoms with Gasteiger partial charge in [0.1, 0.15) is 12.4 Å². The molecule has 0 saturated carbocycles. The first-order valence-corrected chi connectivity index (χ1v) is 8.83. The van der Waals surface area contributed by atoms with Gasteiger partial charge in [0, 0.05) is 7.05 Å². The van der Waals surface area contributed by atoms with Crippen molar-refractivity contribution in [1.82, 2.24) is 9.97 Å². The molecule has 2 aromatic carbocycles. The van der Waals surface area contributed by atoms with Crippen LogP contribution < -0.4 is 9.64 Å². The number of rotatable bonds is 3. The van der Waals surface area contributed by atoms with Gasteiger partial charge in [-0.1, -0.05) is 24.3 Å². The van der Waals surface area contributed by atoms with Crippen LogP contribution in [0.15, 0.2) is 47.6 Å². The highest BCUT2D eigenvalue weighted by Gasteiger charge is 2.20. The molecule has 23 heavy (non-hydrogen) atoms. The number of anilines is 1. The Morgan fingerprint density at radius 2 is 2.13 bits per heavy atom. The van der Waals surface area contributed by atoms with E-state index in [0.717, 1.165) is 34.6 Å². The number of benzene rings is 2. The molecule has 0 amide bonds. The molecular weight excluding hydrogens is 310 g/mol. The summed E-state index contributed by atoms with van der Waals surface area (Å²) >= 11 is 0. The minimum Gasteiger partial charge on any atom is -0.490 e. The van der Waals surface area contributed by atoms with Gasteiger partial charge in [-0.2, -0.15) is 0 Å². The molecule has 1 atom stereocenters. The molecule has 1 N–H and O–H groups in total. The van der Waals surface area contributed by atoms with Crippen molar-refractivity contribution in [3.63, 3.8) is 0 Å². The number of H-pyrrole nitrogens is 1. The number of para-hydroxylation sites is 3. The molecule has 0 aliphatic carbocycles. The van der Waals surface area contributed by atoms with E-state index >= 15 is 0 Å². The molecule has 1 aliphatic heterocycles. The summed E-state index contributed by atoms with van der Waals surface area (Å²) in [5, 5.41) is 0.517. The van der Waals surface area contributed by atoms with Gasteiger partial charge in [0.15, 0.2) is 5.16 Å². The topological polar surface area (TPSA) is 58.2 Å². The predicted octanol–water partition coefficient (Wildman–Crippen LogP) is 2.70. The quantitative estimate of drug-likeness (QED) is 0.803. The second-order valence-corrected chi connectivity index (χ2v) is 6.95. The molecule has 118 valence electrons. The average molecular weight is 327 g/mol. The number of likely N-dealkylation sites (N-methyl/N-ethyl adjacent to an activating group) is 1. The smallest absolute Gasteiger partial charge is 0.197 e. The highest BCUT2D eigenvalue weighted by molar-refractivity contribution is 7.84. The number of aromatic amines is 1. The van der Waals surface area contributed by atoms with Crippen LogP contribution in [0.3, 0.4) is 0 Å². The standard InChI is InChI=1S/C17H17N3O2S/c1-20-9-10-22-15-8-4-5-12(16(15)20)11-23(21)17-18-13-6-2-3-7-14(13)19-17/h2-8H,9-11H2,1H3,(H,18,19). The van der Waals surface area contributed by atoms with Crippen molar-refractivity contribution < 1.29 is 8.95 Å². The van der Waals surface area contributed by atoms with Gasteiger partial charge in [0.2, 0.25) is 0 Å². The maximum absolute atomic E-state index is 12.7. The molecule has 6 heteroatoms. The van der Waals surface area contributed by atoms with Gasteiger partial charge in [0.05, 0.1) is 39.8 Å². The molecule has 5 nitrogen and oxygen atoms in total. The summed E-state index contributed by atoms with van der Waals surface area (Å²) in [5.74, 6) is 1.27. The van der Waals surface area contributed by atoms with Crippen molar-refractivity contribution in [3.05, 3.63) is 48.0 Å². The Hall–Kier alpha value is -2.34. The van der Waals surface area contributed by atoms with Crippen molar-refractivity contribution in [2.24, 2.45) is 0 Å². The second kappa shape index (κ2) is 5.70. The summed E-state index contributed by atoms with van der Waals surface area (Å²) in [4.78, 5) is 9.75. The second-order valence-electron chi connectivity index (χ2n) is 5.58. The minimum absolute atomic E-state index is 0.413. The number of hydrogen-bond acceptors (Lipinski definition) is 4.